The van der Waals surface area contributed by atoms with E-state index in [2.05, 4.69) is 20.5 Å². The molecule has 2 aromatic heterocycles. The lowest BCUT2D eigenvalue weighted by Crippen LogP contribution is -2.13. The molecule has 2 rings (SSSR count). The standard InChI is InChI=1S/C11H10N4O3/c1-6-9(5-13-15-6)10(16)14-8-2-7(11(17)18)3-12-4-8/h2-5H,1H3,(H,13,15)(H,14,16)(H,17,18). The van der Waals surface area contributed by atoms with E-state index in [0.29, 0.717) is 16.9 Å². The number of H-pyrrole nitrogens is 1. The third-order valence-electron chi connectivity index (χ3n) is 2.32. The first kappa shape index (κ1) is 11.8. The quantitative estimate of drug-likeness (QED) is 0.750. The average Bonchev–Trinajstić information content (AvgIpc) is 2.76. The molecule has 0 saturated heterocycles. The maximum Gasteiger partial charge on any atom is 0.337 e. The fourth-order valence-corrected chi connectivity index (χ4v) is 1.40. The number of carbonyl (C=O) groups is 2. The fraction of sp³-hybridized carbons (Fsp3) is 0.0909. The third-order valence-corrected chi connectivity index (χ3v) is 2.32. The van der Waals surface area contributed by atoms with Crippen molar-refractivity contribution in [1.82, 2.24) is 15.2 Å². The Morgan fingerprint density at radius 2 is 2.11 bits per heavy atom. The van der Waals surface area contributed by atoms with Crippen molar-refractivity contribution in [2.45, 2.75) is 6.92 Å². The van der Waals surface area contributed by atoms with Gasteiger partial charge in [0.2, 0.25) is 0 Å². The number of amides is 1. The lowest BCUT2D eigenvalue weighted by atomic mass is 10.2. The van der Waals surface area contributed by atoms with E-state index in [4.69, 9.17) is 5.11 Å². The molecule has 2 aromatic rings. The molecule has 0 spiro atoms. The largest absolute Gasteiger partial charge is 0.478 e. The zero-order chi connectivity index (χ0) is 13.1. The number of pyridine rings is 1. The lowest BCUT2D eigenvalue weighted by molar-refractivity contribution is 0.0696. The van der Waals surface area contributed by atoms with Gasteiger partial charge in [-0.1, -0.05) is 0 Å². The number of aromatic nitrogens is 3. The molecule has 0 aliphatic heterocycles. The van der Waals surface area contributed by atoms with Gasteiger partial charge in [-0.2, -0.15) is 5.10 Å². The van der Waals surface area contributed by atoms with Gasteiger partial charge in [0.25, 0.3) is 5.91 Å². The van der Waals surface area contributed by atoms with Crippen LogP contribution in [-0.2, 0) is 0 Å². The number of aromatic carboxylic acids is 1. The van der Waals surface area contributed by atoms with Crippen LogP contribution in [0.5, 0.6) is 0 Å². The summed E-state index contributed by atoms with van der Waals surface area (Å²) in [5, 5.41) is 17.7. The van der Waals surface area contributed by atoms with Crippen LogP contribution in [0.1, 0.15) is 26.4 Å². The molecule has 7 nitrogen and oxygen atoms in total. The predicted octanol–water partition coefficient (Wildman–Crippen LogP) is 1.06. The Kier molecular flexibility index (Phi) is 3.05. The Morgan fingerprint density at radius 3 is 2.72 bits per heavy atom. The number of nitrogens with one attached hydrogen (secondary N) is 2. The van der Waals surface area contributed by atoms with Gasteiger partial charge in [0.15, 0.2) is 0 Å². The van der Waals surface area contributed by atoms with Crippen LogP contribution in [0, 0.1) is 6.92 Å². The van der Waals surface area contributed by atoms with E-state index >= 15 is 0 Å². The van der Waals surface area contributed by atoms with E-state index in [1.54, 1.807) is 6.92 Å². The average molecular weight is 246 g/mol. The summed E-state index contributed by atoms with van der Waals surface area (Å²) >= 11 is 0. The summed E-state index contributed by atoms with van der Waals surface area (Å²) in [5.41, 5.74) is 1.36. The summed E-state index contributed by atoms with van der Waals surface area (Å²) in [6.07, 6.45) is 3.99. The Balaban J connectivity index is 2.20. The first-order valence-electron chi connectivity index (χ1n) is 5.07. The highest BCUT2D eigenvalue weighted by atomic mass is 16.4. The normalized spacial score (nSPS) is 10.1. The molecule has 0 saturated carbocycles. The van der Waals surface area contributed by atoms with Gasteiger partial charge in [-0.3, -0.25) is 14.9 Å². The first-order chi connectivity index (χ1) is 8.58. The molecule has 1 amide bonds. The minimum Gasteiger partial charge on any atom is -0.478 e. The number of aryl methyl sites for hydroxylation is 1. The second-order valence-corrected chi connectivity index (χ2v) is 3.63. The minimum atomic E-state index is -1.10. The fourth-order valence-electron chi connectivity index (χ4n) is 1.40. The van der Waals surface area contributed by atoms with Gasteiger partial charge < -0.3 is 10.4 Å². The van der Waals surface area contributed by atoms with Gasteiger partial charge in [-0.05, 0) is 13.0 Å². The Labute approximate surface area is 102 Å². The van der Waals surface area contributed by atoms with Gasteiger partial charge in [0.1, 0.15) is 0 Å². The van der Waals surface area contributed by atoms with E-state index in [1.165, 1.54) is 24.7 Å². The summed E-state index contributed by atoms with van der Waals surface area (Å²) in [6, 6.07) is 1.34. The number of nitrogens with zero attached hydrogens (tertiary/aromatic N) is 2. The zero-order valence-corrected chi connectivity index (χ0v) is 9.47. The van der Waals surface area contributed by atoms with Crippen molar-refractivity contribution in [3.8, 4) is 0 Å². The highest BCUT2D eigenvalue weighted by molar-refractivity contribution is 6.05. The van der Waals surface area contributed by atoms with Gasteiger partial charge in [-0.25, -0.2) is 4.79 Å². The van der Waals surface area contributed by atoms with Crippen molar-refractivity contribution in [3.05, 3.63) is 41.5 Å². The van der Waals surface area contributed by atoms with Crippen LogP contribution in [0.2, 0.25) is 0 Å². The van der Waals surface area contributed by atoms with E-state index < -0.39 is 5.97 Å². The number of anilines is 1. The number of carboxylic acids is 1. The number of aromatic amines is 1. The van der Waals surface area contributed by atoms with E-state index in [0.717, 1.165) is 0 Å². The third kappa shape index (κ3) is 2.34. The maximum atomic E-state index is 11.8. The number of hydrogen-bond donors (Lipinski definition) is 3. The highest BCUT2D eigenvalue weighted by Gasteiger charge is 2.12. The molecule has 0 aliphatic carbocycles. The molecule has 92 valence electrons. The van der Waals surface area contributed by atoms with Crippen LogP contribution in [0.4, 0.5) is 5.69 Å². The van der Waals surface area contributed by atoms with Crippen LogP contribution >= 0.6 is 0 Å². The topological polar surface area (TPSA) is 108 Å². The van der Waals surface area contributed by atoms with Gasteiger partial charge in [-0.15, -0.1) is 0 Å². The molecule has 0 aliphatic rings. The van der Waals surface area contributed by atoms with E-state index in [9.17, 15) is 9.59 Å². The number of hydrogen-bond acceptors (Lipinski definition) is 4. The van der Waals surface area contributed by atoms with Crippen LogP contribution in [-0.4, -0.2) is 32.2 Å². The van der Waals surface area contributed by atoms with E-state index in [1.807, 2.05) is 0 Å². The monoisotopic (exact) mass is 246 g/mol. The van der Waals surface area contributed by atoms with Crippen molar-refractivity contribution in [2.75, 3.05) is 5.32 Å². The van der Waals surface area contributed by atoms with Gasteiger partial charge >= 0.3 is 5.97 Å². The molecule has 18 heavy (non-hydrogen) atoms. The second kappa shape index (κ2) is 4.66. The van der Waals surface area contributed by atoms with E-state index in [-0.39, 0.29) is 11.5 Å². The minimum absolute atomic E-state index is 0.0108. The smallest absolute Gasteiger partial charge is 0.337 e. The van der Waals surface area contributed by atoms with Crippen molar-refractivity contribution in [1.29, 1.82) is 0 Å². The van der Waals surface area contributed by atoms with Crippen molar-refractivity contribution < 1.29 is 14.7 Å². The molecule has 3 N–H and O–H groups in total. The van der Waals surface area contributed by atoms with Crippen LogP contribution in [0.25, 0.3) is 0 Å². The SMILES string of the molecule is Cc1[nH]ncc1C(=O)Nc1cncc(C(=O)O)c1. The summed E-state index contributed by atoms with van der Waals surface area (Å²) in [4.78, 5) is 26.3. The molecule has 0 atom stereocenters. The lowest BCUT2D eigenvalue weighted by Gasteiger charge is -2.04. The number of rotatable bonds is 3. The Hall–Kier alpha value is -2.70. The summed E-state index contributed by atoms with van der Waals surface area (Å²) in [6.45, 7) is 1.72. The number of carbonyl (C=O) groups excluding carboxylic acids is 1. The van der Waals surface area contributed by atoms with Crippen molar-refractivity contribution in [3.63, 3.8) is 0 Å². The molecular weight excluding hydrogens is 236 g/mol. The zero-order valence-electron chi connectivity index (χ0n) is 9.47. The van der Waals surface area contributed by atoms with Crippen molar-refractivity contribution in [2.24, 2.45) is 0 Å². The van der Waals surface area contributed by atoms with Crippen LogP contribution in [0.3, 0.4) is 0 Å². The molecule has 2 heterocycles. The molecule has 0 bridgehead atoms. The first-order valence-corrected chi connectivity index (χ1v) is 5.07. The Morgan fingerprint density at radius 1 is 1.33 bits per heavy atom. The summed E-state index contributed by atoms with van der Waals surface area (Å²) in [5.74, 6) is -1.47. The highest BCUT2D eigenvalue weighted by Crippen LogP contribution is 2.11. The van der Waals surface area contributed by atoms with Crippen molar-refractivity contribution >= 4 is 17.6 Å². The van der Waals surface area contributed by atoms with Crippen LogP contribution < -0.4 is 5.32 Å². The molecular formula is C11H10N4O3. The molecule has 0 radical (unpaired) electrons. The summed E-state index contributed by atoms with van der Waals surface area (Å²) in [7, 11) is 0. The molecule has 0 aromatic carbocycles. The predicted molar refractivity (Wildman–Crippen MR) is 62.5 cm³/mol. The van der Waals surface area contributed by atoms with Gasteiger partial charge in [0.05, 0.1) is 29.2 Å². The molecule has 0 fully saturated rings. The summed E-state index contributed by atoms with van der Waals surface area (Å²) < 4.78 is 0. The van der Waals surface area contributed by atoms with Gasteiger partial charge in [0, 0.05) is 11.9 Å². The number of carboxylic acid groups (broad SMARTS) is 1. The van der Waals surface area contributed by atoms with Crippen LogP contribution in [0.15, 0.2) is 24.7 Å². The second-order valence-electron chi connectivity index (χ2n) is 3.63. The maximum absolute atomic E-state index is 11.8. The molecule has 0 unspecified atom stereocenters. The Bertz CT molecular complexity index is 606. The molecule has 7 heteroatoms.